The van der Waals surface area contributed by atoms with Gasteiger partial charge >= 0.3 is 0 Å². The van der Waals surface area contributed by atoms with Crippen molar-refractivity contribution < 1.29 is 9.47 Å². The van der Waals surface area contributed by atoms with Gasteiger partial charge in [0.05, 0.1) is 5.69 Å². The van der Waals surface area contributed by atoms with Crippen molar-refractivity contribution in [2.45, 2.75) is 6.92 Å². The molecule has 0 radical (unpaired) electrons. The van der Waals surface area contributed by atoms with Crippen LogP contribution in [-0.2, 0) is 0 Å². The lowest BCUT2D eigenvalue weighted by Crippen LogP contribution is -1.92. The fourth-order valence-electron chi connectivity index (χ4n) is 1.65. The molecule has 0 saturated heterocycles. The number of rotatable bonds is 1. The molecule has 0 amide bonds. The minimum atomic E-state index is 0.263. The van der Waals surface area contributed by atoms with E-state index in [1.54, 1.807) is 0 Å². The maximum atomic E-state index is 8.91. The Morgan fingerprint density at radius 1 is 1.35 bits per heavy atom. The zero-order valence-electron chi connectivity index (χ0n) is 9.06. The summed E-state index contributed by atoms with van der Waals surface area (Å²) in [6, 6.07) is 7.81. The third-order valence-corrected chi connectivity index (χ3v) is 3.63. The zero-order valence-corrected chi connectivity index (χ0v) is 9.87. The first-order valence-electron chi connectivity index (χ1n) is 5.05. The Labute approximate surface area is 102 Å². The molecular weight excluding hydrogens is 236 g/mol. The molecule has 0 atom stereocenters. The topological polar surface area (TPSA) is 55.1 Å². The number of ether oxygens (including phenoxy) is 2. The van der Waals surface area contributed by atoms with Gasteiger partial charge in [0.1, 0.15) is 16.0 Å². The molecule has 2 aromatic rings. The summed E-state index contributed by atoms with van der Waals surface area (Å²) in [5, 5.41) is 9.74. The molecule has 0 unspecified atom stereocenters. The van der Waals surface area contributed by atoms with Gasteiger partial charge in [0.25, 0.3) is 0 Å². The van der Waals surface area contributed by atoms with Crippen molar-refractivity contribution in [3.05, 3.63) is 28.8 Å². The van der Waals surface area contributed by atoms with E-state index in [0.29, 0.717) is 4.88 Å². The number of aryl methyl sites for hydroxylation is 1. The number of nitriles is 1. The van der Waals surface area contributed by atoms with Crippen molar-refractivity contribution in [3.63, 3.8) is 0 Å². The molecule has 3 rings (SSSR count). The van der Waals surface area contributed by atoms with Gasteiger partial charge in [-0.05, 0) is 25.1 Å². The third kappa shape index (κ3) is 1.63. The van der Waals surface area contributed by atoms with Crippen LogP contribution in [-0.4, -0.2) is 11.8 Å². The molecular formula is C12H8N2O2S. The molecule has 0 saturated carbocycles. The number of fused-ring (bicyclic) bond motifs is 1. The van der Waals surface area contributed by atoms with Gasteiger partial charge in [-0.25, -0.2) is 4.98 Å². The Bertz CT molecular complexity index is 628. The molecule has 0 bridgehead atoms. The fourth-order valence-corrected chi connectivity index (χ4v) is 2.51. The standard InChI is InChI=1S/C12H8N2O2S/c1-7-11(5-13)17-12(14-7)8-2-3-9-10(4-8)16-6-15-9/h2-4H,6H2,1H3. The lowest BCUT2D eigenvalue weighted by molar-refractivity contribution is 0.174. The molecule has 17 heavy (non-hydrogen) atoms. The van der Waals surface area contributed by atoms with Gasteiger partial charge in [0.15, 0.2) is 11.5 Å². The molecule has 1 aromatic heterocycles. The summed E-state index contributed by atoms with van der Waals surface area (Å²) in [6.07, 6.45) is 0. The predicted molar refractivity (Wildman–Crippen MR) is 63.1 cm³/mol. The molecule has 1 aliphatic heterocycles. The van der Waals surface area contributed by atoms with E-state index < -0.39 is 0 Å². The molecule has 1 aromatic carbocycles. The number of hydrogen-bond donors (Lipinski definition) is 0. The Morgan fingerprint density at radius 2 is 2.18 bits per heavy atom. The summed E-state index contributed by atoms with van der Waals surface area (Å²) in [7, 11) is 0. The monoisotopic (exact) mass is 244 g/mol. The van der Waals surface area contributed by atoms with Crippen LogP contribution in [0.1, 0.15) is 10.6 Å². The highest BCUT2D eigenvalue weighted by atomic mass is 32.1. The second-order valence-corrected chi connectivity index (χ2v) is 4.61. The summed E-state index contributed by atoms with van der Waals surface area (Å²) >= 11 is 1.39. The van der Waals surface area contributed by atoms with E-state index in [-0.39, 0.29) is 6.79 Å². The number of nitrogens with zero attached hydrogens (tertiary/aromatic N) is 2. The average molecular weight is 244 g/mol. The second kappa shape index (κ2) is 3.75. The molecule has 0 spiro atoms. The lowest BCUT2D eigenvalue weighted by atomic mass is 10.2. The van der Waals surface area contributed by atoms with Crippen molar-refractivity contribution in [1.82, 2.24) is 4.98 Å². The summed E-state index contributed by atoms with van der Waals surface area (Å²) < 4.78 is 10.6. The summed E-state index contributed by atoms with van der Waals surface area (Å²) in [6.45, 7) is 2.10. The van der Waals surface area contributed by atoms with Crippen LogP contribution in [0, 0.1) is 18.3 Å². The fraction of sp³-hybridized carbons (Fsp3) is 0.167. The van der Waals surface area contributed by atoms with Crippen molar-refractivity contribution in [3.8, 4) is 28.1 Å². The van der Waals surface area contributed by atoms with E-state index in [2.05, 4.69) is 11.1 Å². The molecule has 0 N–H and O–H groups in total. The first-order chi connectivity index (χ1) is 8.28. The number of hydrogen-bond acceptors (Lipinski definition) is 5. The van der Waals surface area contributed by atoms with Crippen LogP contribution < -0.4 is 9.47 Å². The quantitative estimate of drug-likeness (QED) is 0.774. The highest BCUT2D eigenvalue weighted by Crippen LogP contribution is 2.37. The Kier molecular flexibility index (Phi) is 2.23. The molecule has 84 valence electrons. The molecule has 0 fully saturated rings. The van der Waals surface area contributed by atoms with E-state index in [0.717, 1.165) is 27.8 Å². The maximum absolute atomic E-state index is 8.91. The van der Waals surface area contributed by atoms with Crippen LogP contribution >= 0.6 is 11.3 Å². The normalized spacial score (nSPS) is 12.5. The maximum Gasteiger partial charge on any atom is 0.231 e. The molecule has 5 heteroatoms. The first-order valence-corrected chi connectivity index (χ1v) is 5.87. The van der Waals surface area contributed by atoms with Gasteiger partial charge in [-0.1, -0.05) is 0 Å². The predicted octanol–water partition coefficient (Wildman–Crippen LogP) is 2.72. The van der Waals surface area contributed by atoms with Crippen molar-refractivity contribution in [2.75, 3.05) is 6.79 Å². The minimum Gasteiger partial charge on any atom is -0.454 e. The van der Waals surface area contributed by atoms with Gasteiger partial charge in [-0.2, -0.15) is 5.26 Å². The lowest BCUT2D eigenvalue weighted by Gasteiger charge is -1.98. The molecule has 1 aliphatic rings. The SMILES string of the molecule is Cc1nc(-c2ccc3c(c2)OCO3)sc1C#N. The van der Waals surface area contributed by atoms with Crippen LogP contribution in [0.15, 0.2) is 18.2 Å². The van der Waals surface area contributed by atoms with Gasteiger partial charge in [0, 0.05) is 5.56 Å². The Morgan fingerprint density at radius 3 is 2.94 bits per heavy atom. The highest BCUT2D eigenvalue weighted by molar-refractivity contribution is 7.15. The third-order valence-electron chi connectivity index (χ3n) is 2.52. The smallest absolute Gasteiger partial charge is 0.231 e. The van der Waals surface area contributed by atoms with Crippen LogP contribution in [0.25, 0.3) is 10.6 Å². The van der Waals surface area contributed by atoms with Crippen molar-refractivity contribution in [1.29, 1.82) is 5.26 Å². The number of benzene rings is 1. The molecule has 4 nitrogen and oxygen atoms in total. The van der Waals surface area contributed by atoms with Crippen molar-refractivity contribution in [2.24, 2.45) is 0 Å². The van der Waals surface area contributed by atoms with Crippen LogP contribution in [0.4, 0.5) is 0 Å². The van der Waals surface area contributed by atoms with Gasteiger partial charge in [-0.3, -0.25) is 0 Å². The Hall–Kier alpha value is -2.06. The van der Waals surface area contributed by atoms with E-state index in [1.807, 2.05) is 25.1 Å². The highest BCUT2D eigenvalue weighted by Gasteiger charge is 2.16. The van der Waals surface area contributed by atoms with E-state index >= 15 is 0 Å². The van der Waals surface area contributed by atoms with E-state index in [4.69, 9.17) is 14.7 Å². The number of thiazole rings is 1. The van der Waals surface area contributed by atoms with Gasteiger partial charge < -0.3 is 9.47 Å². The summed E-state index contributed by atoms with van der Waals surface area (Å²) in [5.41, 5.74) is 1.72. The second-order valence-electron chi connectivity index (χ2n) is 3.61. The Balaban J connectivity index is 2.07. The minimum absolute atomic E-state index is 0.263. The van der Waals surface area contributed by atoms with E-state index in [9.17, 15) is 0 Å². The molecule has 0 aliphatic carbocycles. The van der Waals surface area contributed by atoms with Crippen LogP contribution in [0.3, 0.4) is 0 Å². The average Bonchev–Trinajstić information content (AvgIpc) is 2.93. The largest absolute Gasteiger partial charge is 0.454 e. The first kappa shape index (κ1) is 10.1. The van der Waals surface area contributed by atoms with Crippen LogP contribution in [0.2, 0.25) is 0 Å². The number of aromatic nitrogens is 1. The van der Waals surface area contributed by atoms with Crippen LogP contribution in [0.5, 0.6) is 11.5 Å². The van der Waals surface area contributed by atoms with E-state index in [1.165, 1.54) is 11.3 Å². The van der Waals surface area contributed by atoms with Gasteiger partial charge in [-0.15, -0.1) is 11.3 Å². The van der Waals surface area contributed by atoms with Gasteiger partial charge in [0.2, 0.25) is 6.79 Å². The van der Waals surface area contributed by atoms with Crippen molar-refractivity contribution >= 4 is 11.3 Å². The summed E-state index contributed by atoms with van der Waals surface area (Å²) in [4.78, 5) is 5.03. The molecule has 2 heterocycles. The summed E-state index contributed by atoms with van der Waals surface area (Å²) in [5.74, 6) is 1.48. The zero-order chi connectivity index (χ0) is 11.8.